The summed E-state index contributed by atoms with van der Waals surface area (Å²) >= 11 is 0. The van der Waals surface area contributed by atoms with Crippen molar-refractivity contribution in [2.45, 2.75) is 45.4 Å². The van der Waals surface area contributed by atoms with Crippen molar-refractivity contribution < 1.29 is 4.79 Å². The maximum absolute atomic E-state index is 11.4. The summed E-state index contributed by atoms with van der Waals surface area (Å²) in [5.41, 5.74) is 0. The molecule has 3 heteroatoms. The molecule has 0 aliphatic heterocycles. The van der Waals surface area contributed by atoms with Crippen LogP contribution in [0.2, 0.25) is 0 Å². The second-order valence-electron chi connectivity index (χ2n) is 5.54. The van der Waals surface area contributed by atoms with Crippen LogP contribution in [0.25, 0.3) is 0 Å². The molecule has 0 spiro atoms. The number of carbonyl (C=O) groups excluding carboxylic acids is 1. The van der Waals surface area contributed by atoms with Crippen molar-refractivity contribution in [1.82, 2.24) is 10.2 Å². The topological polar surface area (TPSA) is 32.3 Å². The van der Waals surface area contributed by atoms with Gasteiger partial charge in [0.05, 0.1) is 0 Å². The Morgan fingerprint density at radius 1 is 1.18 bits per heavy atom. The van der Waals surface area contributed by atoms with Gasteiger partial charge in [-0.15, -0.1) is 0 Å². The van der Waals surface area contributed by atoms with Gasteiger partial charge in [-0.1, -0.05) is 26.2 Å². The van der Waals surface area contributed by atoms with E-state index in [4.69, 9.17) is 0 Å². The van der Waals surface area contributed by atoms with Gasteiger partial charge in [0.1, 0.15) is 0 Å². The van der Waals surface area contributed by atoms with E-state index >= 15 is 0 Å². The molecule has 100 valence electrons. The number of nitrogens with zero attached hydrogens (tertiary/aromatic N) is 1. The molecular weight excluding hydrogens is 212 g/mol. The van der Waals surface area contributed by atoms with Gasteiger partial charge in [0.25, 0.3) is 0 Å². The van der Waals surface area contributed by atoms with Crippen molar-refractivity contribution >= 4 is 5.91 Å². The summed E-state index contributed by atoms with van der Waals surface area (Å²) in [4.78, 5) is 13.0. The third-order valence-electron chi connectivity index (χ3n) is 3.99. The Morgan fingerprint density at radius 2 is 1.76 bits per heavy atom. The van der Waals surface area contributed by atoms with E-state index in [2.05, 4.69) is 12.2 Å². The Kier molecular flexibility index (Phi) is 6.56. The molecule has 0 aromatic rings. The van der Waals surface area contributed by atoms with Gasteiger partial charge in [-0.2, -0.15) is 0 Å². The van der Waals surface area contributed by atoms with Gasteiger partial charge in [0.15, 0.2) is 0 Å². The molecule has 0 aromatic heterocycles. The van der Waals surface area contributed by atoms with E-state index in [9.17, 15) is 4.79 Å². The minimum atomic E-state index is 0.215. The first-order valence-corrected chi connectivity index (χ1v) is 7.04. The van der Waals surface area contributed by atoms with Crippen molar-refractivity contribution in [1.29, 1.82) is 0 Å². The van der Waals surface area contributed by atoms with Gasteiger partial charge in [-0.05, 0) is 31.2 Å². The predicted octanol–water partition coefficient (Wildman–Crippen LogP) is 2.27. The van der Waals surface area contributed by atoms with E-state index in [1.54, 1.807) is 4.90 Å². The van der Waals surface area contributed by atoms with E-state index in [1.807, 2.05) is 14.1 Å². The molecular formula is C14H28N2O. The van der Waals surface area contributed by atoms with Gasteiger partial charge >= 0.3 is 0 Å². The van der Waals surface area contributed by atoms with Crippen LogP contribution in [0.3, 0.4) is 0 Å². The van der Waals surface area contributed by atoms with Crippen molar-refractivity contribution in [2.24, 2.45) is 11.8 Å². The lowest BCUT2D eigenvalue weighted by atomic mass is 9.81. The van der Waals surface area contributed by atoms with Crippen molar-refractivity contribution in [3.63, 3.8) is 0 Å². The van der Waals surface area contributed by atoms with Crippen molar-refractivity contribution in [3.05, 3.63) is 0 Å². The lowest BCUT2D eigenvalue weighted by molar-refractivity contribution is -0.128. The Labute approximate surface area is 106 Å². The van der Waals surface area contributed by atoms with Gasteiger partial charge in [-0.25, -0.2) is 0 Å². The molecule has 0 saturated heterocycles. The molecule has 0 aromatic carbocycles. The molecule has 1 amide bonds. The molecule has 1 aliphatic rings. The highest BCUT2D eigenvalue weighted by molar-refractivity contribution is 5.75. The molecule has 1 aliphatic carbocycles. The summed E-state index contributed by atoms with van der Waals surface area (Å²) in [6, 6.07) is 0. The molecule has 17 heavy (non-hydrogen) atoms. The SMILES string of the molecule is CCC1CCC(CNCCC(=O)N(C)C)CC1. The Bertz CT molecular complexity index is 220. The number of hydrogen-bond acceptors (Lipinski definition) is 2. The summed E-state index contributed by atoms with van der Waals surface area (Å²) in [5, 5.41) is 3.43. The highest BCUT2D eigenvalue weighted by atomic mass is 16.2. The van der Waals surface area contributed by atoms with Crippen LogP contribution in [0.4, 0.5) is 0 Å². The van der Waals surface area contributed by atoms with Crippen LogP contribution in [0.5, 0.6) is 0 Å². The van der Waals surface area contributed by atoms with Crippen LogP contribution >= 0.6 is 0 Å². The smallest absolute Gasteiger partial charge is 0.223 e. The monoisotopic (exact) mass is 240 g/mol. The van der Waals surface area contributed by atoms with Crippen LogP contribution in [0, 0.1) is 11.8 Å². The standard InChI is InChI=1S/C14H28N2O/c1-4-12-5-7-13(8-6-12)11-15-10-9-14(17)16(2)3/h12-13,15H,4-11H2,1-3H3. The molecule has 1 saturated carbocycles. The normalized spacial score (nSPS) is 24.6. The average molecular weight is 240 g/mol. The lowest BCUT2D eigenvalue weighted by Crippen LogP contribution is -2.30. The molecule has 1 fully saturated rings. The summed E-state index contributed by atoms with van der Waals surface area (Å²) in [6.45, 7) is 4.22. The van der Waals surface area contributed by atoms with Crippen LogP contribution in [-0.2, 0) is 4.79 Å². The molecule has 1 rings (SSSR count). The first-order valence-electron chi connectivity index (χ1n) is 7.04. The molecule has 0 heterocycles. The Balaban J connectivity index is 2.02. The third-order valence-corrected chi connectivity index (χ3v) is 3.99. The zero-order chi connectivity index (χ0) is 12.7. The third kappa shape index (κ3) is 5.53. The zero-order valence-corrected chi connectivity index (χ0v) is 11.7. The molecule has 1 N–H and O–H groups in total. The Morgan fingerprint density at radius 3 is 2.29 bits per heavy atom. The van der Waals surface area contributed by atoms with Crippen molar-refractivity contribution in [2.75, 3.05) is 27.2 Å². The number of hydrogen-bond donors (Lipinski definition) is 1. The largest absolute Gasteiger partial charge is 0.349 e. The van der Waals surface area contributed by atoms with Crippen molar-refractivity contribution in [3.8, 4) is 0 Å². The van der Waals surface area contributed by atoms with E-state index in [-0.39, 0.29) is 5.91 Å². The van der Waals surface area contributed by atoms with Gasteiger partial charge in [0.2, 0.25) is 5.91 Å². The summed E-state index contributed by atoms with van der Waals surface area (Å²) in [5.74, 6) is 2.03. The minimum Gasteiger partial charge on any atom is -0.349 e. The van der Waals surface area contributed by atoms with Gasteiger partial charge in [-0.3, -0.25) is 4.79 Å². The van der Waals surface area contributed by atoms with E-state index in [1.165, 1.54) is 32.1 Å². The molecule has 0 atom stereocenters. The highest BCUT2D eigenvalue weighted by Crippen LogP contribution is 2.29. The number of carbonyl (C=O) groups is 1. The Hall–Kier alpha value is -0.570. The first kappa shape index (κ1) is 14.5. The van der Waals surface area contributed by atoms with E-state index in [0.717, 1.165) is 24.9 Å². The quantitative estimate of drug-likeness (QED) is 0.722. The molecule has 0 unspecified atom stereocenters. The predicted molar refractivity (Wildman–Crippen MR) is 71.9 cm³/mol. The fraction of sp³-hybridized carbons (Fsp3) is 0.929. The van der Waals surface area contributed by atoms with Crippen LogP contribution in [-0.4, -0.2) is 38.0 Å². The highest BCUT2D eigenvalue weighted by Gasteiger charge is 2.19. The zero-order valence-electron chi connectivity index (χ0n) is 11.7. The van der Waals surface area contributed by atoms with Gasteiger partial charge in [0, 0.05) is 27.1 Å². The minimum absolute atomic E-state index is 0.215. The summed E-state index contributed by atoms with van der Waals surface area (Å²) in [6.07, 6.45) is 7.51. The van der Waals surface area contributed by atoms with Gasteiger partial charge < -0.3 is 10.2 Å². The lowest BCUT2D eigenvalue weighted by Gasteiger charge is -2.27. The molecule has 0 radical (unpaired) electrons. The molecule has 0 bridgehead atoms. The fourth-order valence-corrected chi connectivity index (χ4v) is 2.57. The average Bonchev–Trinajstić information content (AvgIpc) is 2.35. The summed E-state index contributed by atoms with van der Waals surface area (Å²) in [7, 11) is 3.63. The number of amides is 1. The number of nitrogens with one attached hydrogen (secondary N) is 1. The van der Waals surface area contributed by atoms with Crippen LogP contribution in [0.1, 0.15) is 45.4 Å². The molecule has 3 nitrogen and oxygen atoms in total. The van der Waals surface area contributed by atoms with E-state index in [0.29, 0.717) is 6.42 Å². The fourth-order valence-electron chi connectivity index (χ4n) is 2.57. The maximum atomic E-state index is 11.4. The van der Waals surface area contributed by atoms with Crippen LogP contribution in [0.15, 0.2) is 0 Å². The second-order valence-corrected chi connectivity index (χ2v) is 5.54. The second kappa shape index (κ2) is 7.70. The van der Waals surface area contributed by atoms with E-state index < -0.39 is 0 Å². The summed E-state index contributed by atoms with van der Waals surface area (Å²) < 4.78 is 0. The van der Waals surface area contributed by atoms with Crippen LogP contribution < -0.4 is 5.32 Å². The maximum Gasteiger partial charge on any atom is 0.223 e. The first-order chi connectivity index (χ1) is 8.13. The number of rotatable bonds is 6.